The van der Waals surface area contributed by atoms with Crippen molar-refractivity contribution in [2.75, 3.05) is 6.61 Å². The number of allylic oxidation sites excluding steroid dienone is 1. The lowest BCUT2D eigenvalue weighted by Crippen LogP contribution is -2.40. The molecule has 0 N–H and O–H groups in total. The van der Waals surface area contributed by atoms with Crippen LogP contribution >= 0.6 is 0 Å². The highest BCUT2D eigenvalue weighted by atomic mass is 16.6. The molecule has 1 aliphatic rings. The summed E-state index contributed by atoms with van der Waals surface area (Å²) in [5, 5.41) is 0. The lowest BCUT2D eigenvalue weighted by Gasteiger charge is -2.40. The van der Waals surface area contributed by atoms with Gasteiger partial charge < -0.3 is 9.47 Å². The first-order valence-corrected chi connectivity index (χ1v) is 8.54. The number of rotatable bonds is 6. The maximum absolute atomic E-state index is 11.7. The summed E-state index contributed by atoms with van der Waals surface area (Å²) in [6.07, 6.45) is 6.99. The highest BCUT2D eigenvalue weighted by Gasteiger charge is 2.34. The molecule has 0 aromatic heterocycles. The lowest BCUT2D eigenvalue weighted by molar-refractivity contribution is -0.158. The van der Waals surface area contributed by atoms with Gasteiger partial charge in [0.05, 0.1) is 11.7 Å². The second-order valence-corrected chi connectivity index (χ2v) is 8.15. The van der Waals surface area contributed by atoms with E-state index >= 15 is 0 Å². The molecule has 1 aliphatic carbocycles. The van der Waals surface area contributed by atoms with Crippen molar-refractivity contribution in [1.82, 2.24) is 0 Å². The average molecular weight is 310 g/mol. The van der Waals surface area contributed by atoms with Gasteiger partial charge in [-0.1, -0.05) is 26.3 Å². The predicted molar refractivity (Wildman–Crippen MR) is 90.8 cm³/mol. The summed E-state index contributed by atoms with van der Waals surface area (Å²) in [6, 6.07) is 0. The highest BCUT2D eigenvalue weighted by Crippen LogP contribution is 2.41. The smallest absolute Gasteiger partial charge is 0.333 e. The third-order valence-corrected chi connectivity index (χ3v) is 4.72. The first-order valence-electron chi connectivity index (χ1n) is 8.54. The van der Waals surface area contributed by atoms with Gasteiger partial charge in [-0.15, -0.1) is 0 Å². The zero-order valence-electron chi connectivity index (χ0n) is 15.5. The fraction of sp³-hybridized carbons (Fsp3) is 0.842. The summed E-state index contributed by atoms with van der Waals surface area (Å²) in [5.41, 5.74) is 0.600. The number of carbonyl (C=O) groups excluding carboxylic acids is 1. The molecule has 0 saturated heterocycles. The molecule has 1 rings (SSSR count). The topological polar surface area (TPSA) is 35.5 Å². The molecule has 3 nitrogen and oxygen atoms in total. The minimum absolute atomic E-state index is 0.191. The van der Waals surface area contributed by atoms with Crippen LogP contribution in [0.2, 0.25) is 0 Å². The normalized spacial score (nSPS) is 24.0. The molecule has 0 amide bonds. The van der Waals surface area contributed by atoms with E-state index in [9.17, 15) is 4.79 Å². The van der Waals surface area contributed by atoms with E-state index < -0.39 is 5.60 Å². The molecule has 0 aromatic rings. The number of hydrogen-bond acceptors (Lipinski definition) is 3. The van der Waals surface area contributed by atoms with Gasteiger partial charge in [0.1, 0.15) is 6.61 Å². The molecular weight excluding hydrogens is 276 g/mol. The molecule has 1 saturated carbocycles. The Kier molecular flexibility index (Phi) is 6.66. The Hall–Kier alpha value is -0.830. The summed E-state index contributed by atoms with van der Waals surface area (Å²) in [5.74, 6) is 0.335. The quantitative estimate of drug-likeness (QED) is 0.517. The summed E-state index contributed by atoms with van der Waals surface area (Å²) in [7, 11) is 0. The molecule has 128 valence electrons. The molecule has 0 spiro atoms. The monoisotopic (exact) mass is 310 g/mol. The van der Waals surface area contributed by atoms with E-state index in [1.165, 1.54) is 25.7 Å². The van der Waals surface area contributed by atoms with Gasteiger partial charge in [0.2, 0.25) is 0 Å². The molecule has 0 bridgehead atoms. The van der Waals surface area contributed by atoms with Crippen molar-refractivity contribution in [3.8, 4) is 0 Å². The largest absolute Gasteiger partial charge is 0.459 e. The Labute approximate surface area is 136 Å². The molecule has 2 atom stereocenters. The van der Waals surface area contributed by atoms with Crippen LogP contribution in [0.1, 0.15) is 74.1 Å². The van der Waals surface area contributed by atoms with E-state index in [2.05, 4.69) is 20.8 Å². The van der Waals surface area contributed by atoms with Gasteiger partial charge in [-0.2, -0.15) is 0 Å². The fourth-order valence-electron chi connectivity index (χ4n) is 3.26. The van der Waals surface area contributed by atoms with Gasteiger partial charge in [0.25, 0.3) is 0 Å². The van der Waals surface area contributed by atoms with E-state index in [0.29, 0.717) is 16.9 Å². The fourth-order valence-corrected chi connectivity index (χ4v) is 3.26. The molecule has 0 heterocycles. The second-order valence-electron chi connectivity index (χ2n) is 8.15. The van der Waals surface area contributed by atoms with Crippen molar-refractivity contribution < 1.29 is 14.3 Å². The van der Waals surface area contributed by atoms with Gasteiger partial charge in [0.15, 0.2) is 0 Å². The highest BCUT2D eigenvalue weighted by molar-refractivity contribution is 5.87. The van der Waals surface area contributed by atoms with Crippen molar-refractivity contribution in [2.45, 2.75) is 85.9 Å². The van der Waals surface area contributed by atoms with Crippen LogP contribution in [0.25, 0.3) is 0 Å². The number of carbonyl (C=O) groups is 1. The van der Waals surface area contributed by atoms with Crippen LogP contribution in [0.5, 0.6) is 0 Å². The number of ether oxygens (including phenoxy) is 2. The van der Waals surface area contributed by atoms with Crippen LogP contribution < -0.4 is 0 Å². The minimum Gasteiger partial charge on any atom is -0.459 e. The van der Waals surface area contributed by atoms with Crippen molar-refractivity contribution in [3.63, 3.8) is 0 Å². The number of esters is 1. The Morgan fingerprint density at radius 2 is 2.05 bits per heavy atom. The molecule has 0 aliphatic heterocycles. The Morgan fingerprint density at radius 1 is 1.41 bits per heavy atom. The van der Waals surface area contributed by atoms with Crippen LogP contribution in [0, 0.1) is 11.3 Å². The molecule has 2 unspecified atom stereocenters. The molecule has 1 fully saturated rings. The Morgan fingerprint density at radius 3 is 2.59 bits per heavy atom. The third-order valence-electron chi connectivity index (χ3n) is 4.72. The summed E-state index contributed by atoms with van der Waals surface area (Å²) in [6.45, 7) is 14.7. The molecular formula is C19H34O3. The third kappa shape index (κ3) is 6.12. The van der Waals surface area contributed by atoms with Gasteiger partial charge in [-0.3, -0.25) is 0 Å². The lowest BCUT2D eigenvalue weighted by atomic mass is 9.71. The average Bonchev–Trinajstić information content (AvgIpc) is 2.42. The van der Waals surface area contributed by atoms with Gasteiger partial charge in [-0.25, -0.2) is 4.79 Å². The van der Waals surface area contributed by atoms with E-state index in [-0.39, 0.29) is 18.7 Å². The first-order chi connectivity index (χ1) is 10.1. The first kappa shape index (κ1) is 19.2. The van der Waals surface area contributed by atoms with Crippen LogP contribution in [0.15, 0.2) is 11.6 Å². The number of hydrogen-bond donors (Lipinski definition) is 0. The maximum atomic E-state index is 11.7. The summed E-state index contributed by atoms with van der Waals surface area (Å²) < 4.78 is 11.6. The van der Waals surface area contributed by atoms with Gasteiger partial charge >= 0.3 is 5.97 Å². The summed E-state index contributed by atoms with van der Waals surface area (Å²) in [4.78, 5) is 11.7. The Bertz CT molecular complexity index is 407. The van der Waals surface area contributed by atoms with E-state index in [0.717, 1.165) is 0 Å². The zero-order valence-corrected chi connectivity index (χ0v) is 15.5. The van der Waals surface area contributed by atoms with Crippen LogP contribution in [-0.2, 0) is 14.3 Å². The van der Waals surface area contributed by atoms with E-state index in [1.54, 1.807) is 13.0 Å². The minimum atomic E-state index is -0.454. The zero-order chi connectivity index (χ0) is 17.0. The molecule has 0 radical (unpaired) electrons. The van der Waals surface area contributed by atoms with Crippen molar-refractivity contribution in [2.24, 2.45) is 11.3 Å². The SMILES string of the molecule is CC=C(C)C(=O)OCC(C)(C)OC(C)C1CCCC(C)(C)C1. The van der Waals surface area contributed by atoms with E-state index in [1.807, 2.05) is 20.8 Å². The molecule has 22 heavy (non-hydrogen) atoms. The summed E-state index contributed by atoms with van der Waals surface area (Å²) >= 11 is 0. The molecule has 3 heteroatoms. The van der Waals surface area contributed by atoms with E-state index in [4.69, 9.17) is 9.47 Å². The van der Waals surface area contributed by atoms with Crippen molar-refractivity contribution in [3.05, 3.63) is 11.6 Å². The van der Waals surface area contributed by atoms with Crippen LogP contribution in [0.4, 0.5) is 0 Å². The molecule has 0 aromatic carbocycles. The van der Waals surface area contributed by atoms with Gasteiger partial charge in [0, 0.05) is 5.57 Å². The maximum Gasteiger partial charge on any atom is 0.333 e. The standard InChI is InChI=1S/C19H34O3/c1-8-14(2)17(20)21-13-19(6,7)22-15(3)16-10-9-11-18(4,5)12-16/h8,15-16H,9-13H2,1-7H3. The van der Waals surface area contributed by atoms with Crippen LogP contribution in [0.3, 0.4) is 0 Å². The Balaban J connectivity index is 2.51. The van der Waals surface area contributed by atoms with Crippen molar-refractivity contribution >= 4 is 5.97 Å². The second kappa shape index (κ2) is 7.63. The van der Waals surface area contributed by atoms with Gasteiger partial charge in [-0.05, 0) is 65.2 Å². The van der Waals surface area contributed by atoms with Crippen LogP contribution in [-0.4, -0.2) is 24.3 Å². The predicted octanol–water partition coefficient (Wildman–Crippen LogP) is 4.90. The van der Waals surface area contributed by atoms with Crippen molar-refractivity contribution in [1.29, 1.82) is 0 Å².